The molecule has 30 heavy (non-hydrogen) atoms. The third kappa shape index (κ3) is 3.63. The van der Waals surface area contributed by atoms with Gasteiger partial charge in [0.2, 0.25) is 0 Å². The van der Waals surface area contributed by atoms with Crippen LogP contribution in [0.5, 0.6) is 0 Å². The quantitative estimate of drug-likeness (QED) is 0.434. The third-order valence-corrected chi connectivity index (χ3v) is 5.06. The molecule has 0 saturated heterocycles. The Bertz CT molecular complexity index is 1320. The Balaban J connectivity index is 1.44. The van der Waals surface area contributed by atoms with Gasteiger partial charge < -0.3 is 0 Å². The van der Waals surface area contributed by atoms with E-state index >= 15 is 0 Å². The number of hydrogen-bond donors (Lipinski definition) is 0. The highest BCUT2D eigenvalue weighted by Crippen LogP contribution is 2.19. The summed E-state index contributed by atoms with van der Waals surface area (Å²) in [4.78, 5) is 13.6. The number of nitrogens with zero attached hydrogens (tertiary/aromatic N) is 8. The standard InChI is InChI=1S/C22H22N8/c1-15(2)7-9-29-14-16(12-25-29)10-21-24-13-20-22(26-21)30(28-27-20)18-5-6-19-17(11-18)4-3-8-23-19/h3-6,8,11-15H,7,9-10H2,1-2H3. The van der Waals surface area contributed by atoms with E-state index in [0.29, 0.717) is 23.5 Å². The summed E-state index contributed by atoms with van der Waals surface area (Å²) in [6.45, 7) is 5.36. The summed E-state index contributed by atoms with van der Waals surface area (Å²) in [6.07, 6.45) is 9.20. The molecule has 0 unspecified atom stereocenters. The van der Waals surface area contributed by atoms with Gasteiger partial charge in [-0.3, -0.25) is 9.67 Å². The van der Waals surface area contributed by atoms with Gasteiger partial charge in [-0.25, -0.2) is 9.97 Å². The maximum absolute atomic E-state index is 4.74. The Morgan fingerprint density at radius 2 is 1.97 bits per heavy atom. The summed E-state index contributed by atoms with van der Waals surface area (Å²) in [5.41, 5.74) is 4.28. The molecule has 8 nitrogen and oxygen atoms in total. The van der Waals surface area contributed by atoms with Crippen LogP contribution in [0.3, 0.4) is 0 Å². The molecule has 0 atom stereocenters. The number of aromatic nitrogens is 8. The molecule has 0 N–H and O–H groups in total. The van der Waals surface area contributed by atoms with E-state index in [9.17, 15) is 0 Å². The molecule has 0 aliphatic carbocycles. The lowest BCUT2D eigenvalue weighted by Crippen LogP contribution is -2.02. The van der Waals surface area contributed by atoms with Crippen molar-refractivity contribution >= 4 is 22.1 Å². The van der Waals surface area contributed by atoms with Gasteiger partial charge in [-0.2, -0.15) is 9.78 Å². The van der Waals surface area contributed by atoms with Gasteiger partial charge in [0, 0.05) is 30.7 Å². The third-order valence-electron chi connectivity index (χ3n) is 5.06. The minimum Gasteiger partial charge on any atom is -0.272 e. The molecule has 4 heterocycles. The van der Waals surface area contributed by atoms with Crippen LogP contribution < -0.4 is 0 Å². The molecule has 0 spiro atoms. The number of benzene rings is 1. The highest BCUT2D eigenvalue weighted by atomic mass is 15.4. The van der Waals surface area contributed by atoms with E-state index in [2.05, 4.69) is 45.4 Å². The average Bonchev–Trinajstić information content (AvgIpc) is 3.38. The van der Waals surface area contributed by atoms with Crippen LogP contribution in [0.15, 0.2) is 55.1 Å². The van der Waals surface area contributed by atoms with Crippen LogP contribution in [0.1, 0.15) is 31.7 Å². The summed E-state index contributed by atoms with van der Waals surface area (Å²) in [5, 5.41) is 14.0. The Morgan fingerprint density at radius 3 is 2.87 bits per heavy atom. The molecule has 0 aliphatic rings. The van der Waals surface area contributed by atoms with Gasteiger partial charge in [-0.15, -0.1) is 5.10 Å². The lowest BCUT2D eigenvalue weighted by atomic mass is 10.1. The first-order valence-electron chi connectivity index (χ1n) is 10.1. The average molecular weight is 398 g/mol. The molecule has 0 fully saturated rings. The van der Waals surface area contributed by atoms with Crippen molar-refractivity contribution in [3.8, 4) is 5.69 Å². The summed E-state index contributed by atoms with van der Waals surface area (Å²) < 4.78 is 3.74. The van der Waals surface area contributed by atoms with Crippen LogP contribution >= 0.6 is 0 Å². The van der Waals surface area contributed by atoms with Crippen LogP contribution in [0, 0.1) is 5.92 Å². The normalized spacial score (nSPS) is 11.7. The van der Waals surface area contributed by atoms with E-state index in [1.165, 1.54) is 0 Å². The smallest absolute Gasteiger partial charge is 0.187 e. The van der Waals surface area contributed by atoms with Gasteiger partial charge >= 0.3 is 0 Å². The van der Waals surface area contributed by atoms with Gasteiger partial charge in [0.1, 0.15) is 5.82 Å². The van der Waals surface area contributed by atoms with Crippen LogP contribution in [0.25, 0.3) is 27.8 Å². The first-order chi connectivity index (χ1) is 14.7. The zero-order valence-electron chi connectivity index (χ0n) is 17.0. The molecule has 5 aromatic rings. The first-order valence-corrected chi connectivity index (χ1v) is 10.1. The van der Waals surface area contributed by atoms with E-state index in [1.54, 1.807) is 17.1 Å². The predicted molar refractivity (Wildman–Crippen MR) is 114 cm³/mol. The molecule has 4 aromatic heterocycles. The fourth-order valence-electron chi connectivity index (χ4n) is 3.41. The van der Waals surface area contributed by atoms with Crippen molar-refractivity contribution in [2.75, 3.05) is 0 Å². The van der Waals surface area contributed by atoms with Crippen molar-refractivity contribution in [3.05, 3.63) is 66.5 Å². The molecule has 0 aliphatic heterocycles. The maximum atomic E-state index is 4.74. The van der Waals surface area contributed by atoms with E-state index in [1.807, 2.05) is 41.2 Å². The van der Waals surface area contributed by atoms with Crippen molar-refractivity contribution in [1.29, 1.82) is 0 Å². The Kier molecular flexibility index (Phi) is 4.66. The molecule has 8 heteroatoms. The molecule has 150 valence electrons. The van der Waals surface area contributed by atoms with Gasteiger partial charge in [0.25, 0.3) is 0 Å². The fourth-order valence-corrected chi connectivity index (χ4v) is 3.41. The first kappa shape index (κ1) is 18.4. The molecule has 0 bridgehead atoms. The van der Waals surface area contributed by atoms with Gasteiger partial charge in [-0.05, 0) is 42.2 Å². The highest BCUT2D eigenvalue weighted by molar-refractivity contribution is 5.81. The monoisotopic (exact) mass is 398 g/mol. The Labute approximate surface area is 173 Å². The van der Waals surface area contributed by atoms with Gasteiger partial charge in [0.15, 0.2) is 11.2 Å². The van der Waals surface area contributed by atoms with Crippen LogP contribution in [-0.4, -0.2) is 39.7 Å². The maximum Gasteiger partial charge on any atom is 0.187 e. The Morgan fingerprint density at radius 1 is 1.03 bits per heavy atom. The number of aryl methyl sites for hydroxylation is 1. The van der Waals surface area contributed by atoms with E-state index in [4.69, 9.17) is 4.98 Å². The van der Waals surface area contributed by atoms with Gasteiger partial charge in [0.05, 0.1) is 23.6 Å². The largest absolute Gasteiger partial charge is 0.272 e. The Hall–Kier alpha value is -3.68. The summed E-state index contributed by atoms with van der Waals surface area (Å²) in [6, 6.07) is 9.95. The van der Waals surface area contributed by atoms with Crippen molar-refractivity contribution in [2.45, 2.75) is 33.2 Å². The SMILES string of the molecule is CC(C)CCn1cc(Cc2ncc3nnn(-c4ccc5ncccc5c4)c3n2)cn1. The zero-order valence-corrected chi connectivity index (χ0v) is 17.0. The lowest BCUT2D eigenvalue weighted by molar-refractivity contribution is 0.487. The molecule has 1 aromatic carbocycles. The number of fused-ring (bicyclic) bond motifs is 2. The second-order valence-electron chi connectivity index (χ2n) is 7.85. The fraction of sp³-hybridized carbons (Fsp3) is 0.273. The molecule has 0 amide bonds. The van der Waals surface area contributed by atoms with E-state index < -0.39 is 0 Å². The number of pyridine rings is 1. The van der Waals surface area contributed by atoms with Crippen molar-refractivity contribution < 1.29 is 0 Å². The molecular weight excluding hydrogens is 376 g/mol. The van der Waals surface area contributed by atoms with Crippen molar-refractivity contribution in [1.82, 2.24) is 39.7 Å². The van der Waals surface area contributed by atoms with Crippen LogP contribution in [0.4, 0.5) is 0 Å². The van der Waals surface area contributed by atoms with E-state index in [0.717, 1.165) is 40.9 Å². The minimum absolute atomic E-state index is 0.616. The molecule has 5 rings (SSSR count). The second-order valence-corrected chi connectivity index (χ2v) is 7.85. The second kappa shape index (κ2) is 7.62. The number of hydrogen-bond acceptors (Lipinski definition) is 6. The zero-order chi connectivity index (χ0) is 20.5. The van der Waals surface area contributed by atoms with Crippen molar-refractivity contribution in [2.24, 2.45) is 5.92 Å². The van der Waals surface area contributed by atoms with Crippen LogP contribution in [0.2, 0.25) is 0 Å². The molecule has 0 radical (unpaired) electrons. The lowest BCUT2D eigenvalue weighted by Gasteiger charge is -2.04. The minimum atomic E-state index is 0.616. The topological polar surface area (TPSA) is 87.2 Å². The summed E-state index contributed by atoms with van der Waals surface area (Å²) >= 11 is 0. The highest BCUT2D eigenvalue weighted by Gasteiger charge is 2.12. The predicted octanol–water partition coefficient (Wildman–Crippen LogP) is 3.59. The summed E-state index contributed by atoms with van der Waals surface area (Å²) in [5.74, 6) is 1.37. The van der Waals surface area contributed by atoms with Gasteiger partial charge in [-0.1, -0.05) is 25.1 Å². The summed E-state index contributed by atoms with van der Waals surface area (Å²) in [7, 11) is 0. The molecular formula is C22H22N8. The number of rotatable bonds is 6. The molecule has 0 saturated carbocycles. The van der Waals surface area contributed by atoms with E-state index in [-0.39, 0.29) is 0 Å². The van der Waals surface area contributed by atoms with Crippen molar-refractivity contribution in [3.63, 3.8) is 0 Å². The van der Waals surface area contributed by atoms with Crippen LogP contribution in [-0.2, 0) is 13.0 Å².